The fraction of sp³-hybridized carbons (Fsp3) is 1.00. The zero-order valence-electron chi connectivity index (χ0n) is 4.51. The zero-order chi connectivity index (χ0) is 5.98. The smallest absolute Gasteiger partial charge is 0.130 e. The van der Waals surface area contributed by atoms with E-state index in [4.69, 9.17) is 9.84 Å². The molecule has 0 bridgehead atoms. The lowest BCUT2D eigenvalue weighted by atomic mass is 10.1. The number of rotatable bonds is 0. The van der Waals surface area contributed by atoms with E-state index in [0.717, 1.165) is 0 Å². The van der Waals surface area contributed by atoms with E-state index in [1.807, 2.05) is 0 Å². The van der Waals surface area contributed by atoms with Crippen LogP contribution in [0, 0.1) is 0 Å². The van der Waals surface area contributed by atoms with Crippen LogP contribution in [-0.4, -0.2) is 30.6 Å². The van der Waals surface area contributed by atoms with Gasteiger partial charge in [0.25, 0.3) is 0 Å². The number of alkyl halides is 1. The quantitative estimate of drug-likeness (QED) is 0.491. The van der Waals surface area contributed by atoms with E-state index in [-0.39, 0.29) is 6.61 Å². The number of halogens is 1. The molecule has 0 saturated carbocycles. The highest BCUT2D eigenvalue weighted by molar-refractivity contribution is 4.70. The zero-order valence-corrected chi connectivity index (χ0v) is 4.51. The van der Waals surface area contributed by atoms with Crippen molar-refractivity contribution in [1.82, 2.24) is 0 Å². The van der Waals surface area contributed by atoms with E-state index in [2.05, 4.69) is 0 Å². The third-order valence-corrected chi connectivity index (χ3v) is 1.24. The summed E-state index contributed by atoms with van der Waals surface area (Å²) < 4.78 is 17.0. The molecule has 8 heavy (non-hydrogen) atoms. The van der Waals surface area contributed by atoms with Crippen molar-refractivity contribution in [3.05, 3.63) is 0 Å². The Kier molecular flexibility index (Phi) is 1.81. The van der Waals surface area contributed by atoms with Gasteiger partial charge < -0.3 is 9.84 Å². The predicted octanol–water partition coefficient (Wildman–Crippen LogP) is 0.106. The van der Waals surface area contributed by atoms with Crippen LogP contribution in [0.2, 0.25) is 0 Å². The normalized spacial score (nSPS) is 39.8. The van der Waals surface area contributed by atoms with E-state index in [0.29, 0.717) is 13.0 Å². The molecule has 0 unspecified atom stereocenters. The first-order valence-electron chi connectivity index (χ1n) is 2.70. The highest BCUT2D eigenvalue weighted by Gasteiger charge is 2.22. The van der Waals surface area contributed by atoms with Gasteiger partial charge in [-0.1, -0.05) is 0 Å². The van der Waals surface area contributed by atoms with Crippen LogP contribution >= 0.6 is 0 Å². The Morgan fingerprint density at radius 2 is 2.38 bits per heavy atom. The van der Waals surface area contributed by atoms with Crippen LogP contribution < -0.4 is 0 Å². The second-order valence-electron chi connectivity index (χ2n) is 1.95. The summed E-state index contributed by atoms with van der Waals surface area (Å²) in [5.74, 6) is 0. The van der Waals surface area contributed by atoms with E-state index in [1.54, 1.807) is 0 Å². The first kappa shape index (κ1) is 5.98. The molecule has 1 saturated heterocycles. The summed E-state index contributed by atoms with van der Waals surface area (Å²) in [7, 11) is 0. The summed E-state index contributed by atoms with van der Waals surface area (Å²) >= 11 is 0. The molecule has 0 spiro atoms. The van der Waals surface area contributed by atoms with Gasteiger partial charge in [-0.15, -0.1) is 0 Å². The lowest BCUT2D eigenvalue weighted by Gasteiger charge is -2.20. The molecule has 0 aliphatic carbocycles. The second kappa shape index (κ2) is 2.42. The van der Waals surface area contributed by atoms with Gasteiger partial charge in [0.15, 0.2) is 0 Å². The van der Waals surface area contributed by atoms with Crippen molar-refractivity contribution >= 4 is 0 Å². The monoisotopic (exact) mass is 120 g/mol. The number of ether oxygens (including phenoxy) is 1. The maximum absolute atomic E-state index is 12.2. The average molecular weight is 120 g/mol. The molecule has 1 fully saturated rings. The Bertz CT molecular complexity index is 66.8. The summed E-state index contributed by atoms with van der Waals surface area (Å²) in [6.45, 7) is 0.597. The topological polar surface area (TPSA) is 29.5 Å². The van der Waals surface area contributed by atoms with E-state index >= 15 is 0 Å². The summed E-state index contributed by atoms with van der Waals surface area (Å²) in [5, 5.41) is 8.68. The molecule has 1 aliphatic rings. The lowest BCUT2D eigenvalue weighted by Crippen LogP contribution is -2.33. The molecular formula is C5H9FO2. The maximum atomic E-state index is 12.2. The van der Waals surface area contributed by atoms with E-state index < -0.39 is 12.3 Å². The van der Waals surface area contributed by atoms with Crippen LogP contribution in [0.25, 0.3) is 0 Å². The van der Waals surface area contributed by atoms with Crippen molar-refractivity contribution < 1.29 is 14.2 Å². The molecule has 1 aliphatic heterocycles. The van der Waals surface area contributed by atoms with Crippen LogP contribution in [0.4, 0.5) is 4.39 Å². The highest BCUT2D eigenvalue weighted by atomic mass is 19.1. The van der Waals surface area contributed by atoms with Crippen molar-refractivity contribution in [1.29, 1.82) is 0 Å². The average Bonchev–Trinajstić information content (AvgIpc) is 1.77. The van der Waals surface area contributed by atoms with Gasteiger partial charge in [0.2, 0.25) is 0 Å². The van der Waals surface area contributed by atoms with Gasteiger partial charge in [-0.2, -0.15) is 0 Å². The number of hydrogen-bond donors (Lipinski definition) is 1. The van der Waals surface area contributed by atoms with Gasteiger partial charge in [-0.25, -0.2) is 4.39 Å². The molecule has 0 radical (unpaired) electrons. The summed E-state index contributed by atoms with van der Waals surface area (Å²) in [4.78, 5) is 0. The Labute approximate surface area is 47.3 Å². The minimum Gasteiger partial charge on any atom is -0.388 e. The molecule has 0 aromatic rings. The minimum absolute atomic E-state index is 0.154. The summed E-state index contributed by atoms with van der Waals surface area (Å²) in [5.41, 5.74) is 0. The Hall–Kier alpha value is -0.150. The predicted molar refractivity (Wildman–Crippen MR) is 26.3 cm³/mol. The molecule has 1 rings (SSSR count). The van der Waals surface area contributed by atoms with Crippen molar-refractivity contribution in [3.8, 4) is 0 Å². The van der Waals surface area contributed by atoms with Crippen LogP contribution in [0.3, 0.4) is 0 Å². The molecule has 2 atom stereocenters. The third-order valence-electron chi connectivity index (χ3n) is 1.24. The van der Waals surface area contributed by atoms with Gasteiger partial charge in [0.1, 0.15) is 12.3 Å². The fourth-order valence-corrected chi connectivity index (χ4v) is 0.697. The Morgan fingerprint density at radius 1 is 1.62 bits per heavy atom. The SMILES string of the molecule is O[C@H]1COCC[C@@H]1F. The minimum atomic E-state index is -1.07. The first-order valence-corrected chi connectivity index (χ1v) is 2.70. The molecule has 0 amide bonds. The van der Waals surface area contributed by atoms with Gasteiger partial charge in [-0.3, -0.25) is 0 Å². The largest absolute Gasteiger partial charge is 0.388 e. The molecule has 0 aromatic heterocycles. The van der Waals surface area contributed by atoms with Gasteiger partial charge in [0.05, 0.1) is 6.61 Å². The van der Waals surface area contributed by atoms with Crippen LogP contribution in [-0.2, 0) is 4.74 Å². The lowest BCUT2D eigenvalue weighted by molar-refractivity contribution is -0.0547. The molecule has 48 valence electrons. The first-order chi connectivity index (χ1) is 3.80. The van der Waals surface area contributed by atoms with Crippen molar-refractivity contribution in [3.63, 3.8) is 0 Å². The summed E-state index contributed by atoms with van der Waals surface area (Å²) in [6, 6.07) is 0. The van der Waals surface area contributed by atoms with Gasteiger partial charge >= 0.3 is 0 Å². The van der Waals surface area contributed by atoms with Crippen molar-refractivity contribution in [2.75, 3.05) is 13.2 Å². The van der Waals surface area contributed by atoms with Crippen LogP contribution in [0.1, 0.15) is 6.42 Å². The molecule has 1 heterocycles. The number of hydrogen-bond acceptors (Lipinski definition) is 2. The third kappa shape index (κ3) is 1.17. The molecule has 0 aromatic carbocycles. The Balaban J connectivity index is 2.28. The number of aliphatic hydroxyl groups excluding tert-OH is 1. The Morgan fingerprint density at radius 3 is 2.75 bits per heavy atom. The molecule has 1 N–H and O–H groups in total. The molecular weight excluding hydrogens is 111 g/mol. The van der Waals surface area contributed by atoms with Crippen LogP contribution in [0.5, 0.6) is 0 Å². The van der Waals surface area contributed by atoms with Gasteiger partial charge in [-0.05, 0) is 0 Å². The second-order valence-corrected chi connectivity index (χ2v) is 1.95. The highest BCUT2D eigenvalue weighted by Crippen LogP contribution is 2.09. The van der Waals surface area contributed by atoms with Crippen LogP contribution in [0.15, 0.2) is 0 Å². The maximum Gasteiger partial charge on any atom is 0.130 e. The van der Waals surface area contributed by atoms with Gasteiger partial charge in [0, 0.05) is 13.0 Å². The van der Waals surface area contributed by atoms with Crippen molar-refractivity contribution in [2.24, 2.45) is 0 Å². The van der Waals surface area contributed by atoms with E-state index in [9.17, 15) is 4.39 Å². The van der Waals surface area contributed by atoms with Crippen molar-refractivity contribution in [2.45, 2.75) is 18.7 Å². The number of aliphatic hydroxyl groups is 1. The summed E-state index contributed by atoms with van der Waals surface area (Å²) in [6.07, 6.45) is -1.62. The standard InChI is InChI=1S/C5H9FO2/c6-4-1-2-8-3-5(4)7/h4-5,7H,1-3H2/t4-,5-/m0/s1. The molecule has 3 heteroatoms. The fourth-order valence-electron chi connectivity index (χ4n) is 0.697. The van der Waals surface area contributed by atoms with E-state index in [1.165, 1.54) is 0 Å². The molecule has 2 nitrogen and oxygen atoms in total.